The van der Waals surface area contributed by atoms with Crippen LogP contribution in [0.3, 0.4) is 0 Å². The number of ether oxygens (including phenoxy) is 3. The van der Waals surface area contributed by atoms with Gasteiger partial charge in [-0.25, -0.2) is 9.13 Å². The lowest BCUT2D eigenvalue weighted by atomic mass is 10.0. The molecule has 0 radical (unpaired) electrons. The number of allylic oxidation sites excluding steroid dienone is 26. The lowest BCUT2D eigenvalue weighted by molar-refractivity contribution is -0.161. The fraction of sp³-hybridized carbons (Fsp3) is 0.707. The van der Waals surface area contributed by atoms with E-state index in [0.29, 0.717) is 19.3 Å². The molecule has 0 aromatic carbocycles. The molecule has 0 bridgehead atoms. The molecule has 0 rings (SSSR count). The van der Waals surface area contributed by atoms with Crippen LogP contribution in [-0.4, -0.2) is 95.9 Å². The predicted octanol–water partition coefficient (Wildman–Crippen LogP) is 28.9. The average Bonchev–Trinajstić information content (AvgIpc) is 0.897. The minimum absolute atomic E-state index is 0.0932. The Hall–Kier alpha value is -4.83. The van der Waals surface area contributed by atoms with E-state index in [4.69, 9.17) is 32.3 Å². The molecule has 4 N–H and O–H groups in total. The first-order valence-corrected chi connectivity index (χ1v) is 49.8. The van der Waals surface area contributed by atoms with Crippen LogP contribution in [-0.2, 0) is 55.8 Å². The third-order valence-corrected chi connectivity index (χ3v) is 21.6. The lowest BCUT2D eigenvalue weighted by Gasteiger charge is -2.21. The van der Waals surface area contributed by atoms with E-state index in [1.807, 2.05) is 0 Å². The van der Waals surface area contributed by atoms with Crippen molar-refractivity contribution in [2.24, 2.45) is 0 Å². The number of hydrogen-bond acceptors (Lipinski definition) is 14. The van der Waals surface area contributed by atoms with Gasteiger partial charge in [0, 0.05) is 19.3 Å². The Labute approximate surface area is 714 Å². The number of esters is 3. The molecule has 0 aliphatic heterocycles. The summed E-state index contributed by atoms with van der Waals surface area (Å²) in [4.78, 5) is 59.1. The van der Waals surface area contributed by atoms with Crippen molar-refractivity contribution in [1.82, 2.24) is 0 Å². The van der Waals surface area contributed by atoms with Crippen LogP contribution in [0.2, 0.25) is 0 Å². The van der Waals surface area contributed by atoms with Crippen molar-refractivity contribution < 1.29 is 75.8 Å². The monoisotopic (exact) mass is 1680 g/mol. The fourth-order valence-electron chi connectivity index (χ4n) is 12.6. The van der Waals surface area contributed by atoms with Crippen LogP contribution < -0.4 is 0 Å². The van der Waals surface area contributed by atoms with Crippen molar-refractivity contribution in [3.05, 3.63) is 158 Å². The van der Waals surface area contributed by atoms with Crippen LogP contribution >= 0.6 is 15.6 Å². The molecule has 672 valence electrons. The van der Waals surface area contributed by atoms with Gasteiger partial charge in [0.05, 0.1) is 26.4 Å². The number of hydrogen-bond donors (Lipinski definition) is 4. The lowest BCUT2D eigenvalue weighted by Crippen LogP contribution is -2.30. The summed E-state index contributed by atoms with van der Waals surface area (Å²) in [5, 5.41) is 20.7. The molecule has 117 heavy (non-hydrogen) atoms. The highest BCUT2D eigenvalue weighted by Gasteiger charge is 2.29. The summed E-state index contributed by atoms with van der Waals surface area (Å²) in [6.45, 7) is 2.55. The molecule has 0 fully saturated rings. The molecule has 0 aliphatic carbocycles. The van der Waals surface area contributed by atoms with Gasteiger partial charge in [0.1, 0.15) is 25.4 Å². The third kappa shape index (κ3) is 91.7. The summed E-state index contributed by atoms with van der Waals surface area (Å²) < 4.78 is 61.5. The molecule has 0 aliphatic rings. The second-order valence-electron chi connectivity index (χ2n) is 31.1. The number of aliphatic hydroxyl groups excluding tert-OH is 2. The molecule has 0 saturated heterocycles. The van der Waals surface area contributed by atoms with Gasteiger partial charge in [-0.1, -0.05) is 378 Å². The Bertz CT molecular complexity index is 2760. The topological polar surface area (TPSA) is 231 Å². The summed E-state index contributed by atoms with van der Waals surface area (Å²) in [5.74, 6) is -1.58. The molecular formula is C99H170O16P2. The molecule has 0 saturated carbocycles. The highest BCUT2D eigenvalue weighted by Crippen LogP contribution is 2.45. The Kier molecular flexibility index (Phi) is 86.7. The molecule has 0 spiro atoms. The Morgan fingerprint density at radius 3 is 0.718 bits per heavy atom. The first-order chi connectivity index (χ1) is 57.2. The summed E-state index contributed by atoms with van der Waals surface area (Å²) in [6, 6.07) is 0. The second kappa shape index (κ2) is 90.4. The standard InChI is InChI=1S/C99H170O16P2/c1-4-7-10-13-16-19-22-25-28-31-34-37-40-43-45-46-48-51-52-55-58-61-64-67-70-73-76-79-82-85-97(102)109-88-94(100)89-111-116(105,106)112-90-95(101)91-113-117(107,108)114-93-96(115-99(104)87-84-81-78-75-72-69-66-63-60-57-54-49-42-39-36-33-30-27-24-21-18-15-12-9-6-3)92-110-98(103)86-83-80-77-74-71-68-65-62-59-56-53-50-47-44-41-38-35-32-29-26-23-20-17-14-11-8-5-2/h8,11,16-21,25-30,34-39,43-45,47,49,54,94-96,100-101H,4-7,9-10,12-15,22-24,31-33,40-42,46,48,50-53,55-93H2,1-3H3,(H,105,106)(H,107,108)/b11-8-,19-16-,20-17-,21-18-,28-25-,29-26-,30-27-,37-34-,38-35-,39-36-,45-43-,47-44-,54-49-. The summed E-state index contributed by atoms with van der Waals surface area (Å²) in [7, 11) is -9.82. The number of aliphatic hydroxyl groups is 2. The van der Waals surface area contributed by atoms with Gasteiger partial charge in [-0.3, -0.25) is 32.5 Å². The smallest absolute Gasteiger partial charge is 0.463 e. The number of carbonyl (C=O) groups excluding carboxylic acids is 3. The van der Waals surface area contributed by atoms with Gasteiger partial charge < -0.3 is 34.2 Å². The van der Waals surface area contributed by atoms with Crippen molar-refractivity contribution in [2.75, 3.05) is 39.6 Å². The van der Waals surface area contributed by atoms with Crippen molar-refractivity contribution in [1.29, 1.82) is 0 Å². The van der Waals surface area contributed by atoms with Gasteiger partial charge in [0.15, 0.2) is 6.10 Å². The minimum atomic E-state index is -4.95. The zero-order valence-electron chi connectivity index (χ0n) is 74.1. The van der Waals surface area contributed by atoms with E-state index in [9.17, 15) is 43.5 Å². The van der Waals surface area contributed by atoms with Crippen LogP contribution in [0.5, 0.6) is 0 Å². The summed E-state index contributed by atoms with van der Waals surface area (Å²) in [6.07, 6.45) is 116. The van der Waals surface area contributed by atoms with Gasteiger partial charge >= 0.3 is 33.6 Å². The number of phosphoric ester groups is 2. The number of unbranched alkanes of at least 4 members (excludes halogenated alkanes) is 39. The van der Waals surface area contributed by atoms with E-state index in [-0.39, 0.29) is 19.3 Å². The summed E-state index contributed by atoms with van der Waals surface area (Å²) in [5.41, 5.74) is 0. The van der Waals surface area contributed by atoms with Gasteiger partial charge in [-0.05, 0) is 154 Å². The van der Waals surface area contributed by atoms with Crippen LogP contribution in [0.25, 0.3) is 0 Å². The molecular weight excluding hydrogens is 1510 g/mol. The summed E-state index contributed by atoms with van der Waals surface area (Å²) >= 11 is 0. The molecule has 0 aromatic rings. The van der Waals surface area contributed by atoms with Crippen molar-refractivity contribution in [2.45, 2.75) is 411 Å². The first kappa shape index (κ1) is 112. The molecule has 5 unspecified atom stereocenters. The maximum atomic E-state index is 13.1. The second-order valence-corrected chi connectivity index (χ2v) is 34.0. The highest BCUT2D eigenvalue weighted by molar-refractivity contribution is 7.47. The van der Waals surface area contributed by atoms with E-state index in [2.05, 4.69) is 179 Å². The molecule has 16 nitrogen and oxygen atoms in total. The fourth-order valence-corrected chi connectivity index (χ4v) is 14.2. The van der Waals surface area contributed by atoms with E-state index < -0.39 is 91.5 Å². The Balaban J connectivity index is 4.65. The van der Waals surface area contributed by atoms with Gasteiger partial charge in [-0.2, -0.15) is 0 Å². The van der Waals surface area contributed by atoms with Crippen LogP contribution in [0, 0.1) is 0 Å². The average molecular weight is 1680 g/mol. The van der Waals surface area contributed by atoms with Crippen LogP contribution in [0.1, 0.15) is 393 Å². The molecule has 18 heteroatoms. The van der Waals surface area contributed by atoms with E-state index in [1.165, 1.54) is 173 Å². The normalized spacial score (nSPS) is 14.5. The zero-order valence-corrected chi connectivity index (χ0v) is 75.9. The number of carbonyl (C=O) groups is 3. The maximum Gasteiger partial charge on any atom is 0.472 e. The van der Waals surface area contributed by atoms with Gasteiger partial charge in [0.2, 0.25) is 0 Å². The molecule has 0 heterocycles. The van der Waals surface area contributed by atoms with Crippen molar-refractivity contribution >= 4 is 33.6 Å². The van der Waals surface area contributed by atoms with E-state index >= 15 is 0 Å². The van der Waals surface area contributed by atoms with Crippen LogP contribution in [0.4, 0.5) is 0 Å². The Morgan fingerprint density at radius 2 is 0.453 bits per heavy atom. The Morgan fingerprint density at radius 1 is 0.248 bits per heavy atom. The first-order valence-electron chi connectivity index (χ1n) is 46.8. The largest absolute Gasteiger partial charge is 0.472 e. The highest BCUT2D eigenvalue weighted by atomic mass is 31.2. The van der Waals surface area contributed by atoms with Crippen LogP contribution in [0.15, 0.2) is 158 Å². The van der Waals surface area contributed by atoms with Gasteiger partial charge in [-0.15, -0.1) is 0 Å². The zero-order chi connectivity index (χ0) is 85.1. The maximum absolute atomic E-state index is 13.1. The predicted molar refractivity (Wildman–Crippen MR) is 491 cm³/mol. The van der Waals surface area contributed by atoms with E-state index in [0.717, 1.165) is 161 Å². The molecule has 0 aromatic heterocycles. The quantitative estimate of drug-likeness (QED) is 0.0146. The molecule has 5 atom stereocenters. The number of rotatable bonds is 88. The minimum Gasteiger partial charge on any atom is -0.463 e. The third-order valence-electron chi connectivity index (χ3n) is 19.7. The van der Waals surface area contributed by atoms with E-state index in [1.54, 1.807) is 0 Å². The van der Waals surface area contributed by atoms with Crippen molar-refractivity contribution in [3.8, 4) is 0 Å². The molecule has 0 amide bonds. The number of phosphoric acid groups is 2. The SMILES string of the molecule is CC/C=C\C/C=C\C/C=C\C/C=C\C/C=C\CCCCCCCCCCCCCC(=O)OCC(COP(=O)(O)OCC(O)COP(=O)(O)OCC(O)COC(=O)CCCCCCCCCCCCCCC/C=C\C/C=C\C/C=C\C/C=C\CCCCC)OC(=O)CCCCCCCCCCC/C=C\C/C=C\C/C=C\C/C=C\CCCCC. The van der Waals surface area contributed by atoms with Crippen molar-refractivity contribution in [3.63, 3.8) is 0 Å². The van der Waals surface area contributed by atoms with Gasteiger partial charge in [0.25, 0.3) is 0 Å².